The van der Waals surface area contributed by atoms with Crippen molar-refractivity contribution in [3.63, 3.8) is 0 Å². The lowest BCUT2D eigenvalue weighted by Crippen LogP contribution is -2.17. The molecule has 0 N–H and O–H groups in total. The topological polar surface area (TPSA) is 38.7 Å². The lowest BCUT2D eigenvalue weighted by molar-refractivity contribution is -0.109. The van der Waals surface area contributed by atoms with E-state index in [1.54, 1.807) is 6.08 Å². The summed E-state index contributed by atoms with van der Waals surface area (Å²) < 4.78 is 5.71. The Balaban J connectivity index is 2.21. The van der Waals surface area contributed by atoms with Crippen LogP contribution in [0.2, 0.25) is 0 Å². The molecule has 1 aromatic carbocycles. The predicted octanol–water partition coefficient (Wildman–Crippen LogP) is 2.93. The molecule has 1 heterocycles. The van der Waals surface area contributed by atoms with Crippen LogP contribution in [0.1, 0.15) is 18.1 Å². The first kappa shape index (κ1) is 12.9. The Hall–Kier alpha value is -1.55. The summed E-state index contributed by atoms with van der Waals surface area (Å²) in [6, 6.07) is 7.95. The third-order valence-corrected chi connectivity index (χ3v) is 3.54. The highest BCUT2D eigenvalue weighted by molar-refractivity contribution is 8.14. The van der Waals surface area contributed by atoms with Gasteiger partial charge in [-0.25, -0.2) is 4.99 Å². The first-order valence-electron chi connectivity index (χ1n) is 5.71. The van der Waals surface area contributed by atoms with Crippen LogP contribution in [-0.4, -0.2) is 22.5 Å². The molecule has 2 atom stereocenters. The highest BCUT2D eigenvalue weighted by Gasteiger charge is 2.30. The van der Waals surface area contributed by atoms with E-state index in [-0.39, 0.29) is 16.6 Å². The molecule has 0 amide bonds. The second kappa shape index (κ2) is 5.40. The molecule has 0 spiro atoms. The zero-order valence-electron chi connectivity index (χ0n) is 10.4. The molecular weight excluding hydrogens is 246 g/mol. The molecule has 4 heteroatoms. The molecule has 1 aliphatic heterocycles. The average molecular weight is 261 g/mol. The average Bonchev–Trinajstić information content (AvgIpc) is 2.72. The normalized spacial score (nSPS) is 22.2. The van der Waals surface area contributed by atoms with E-state index in [0.29, 0.717) is 5.90 Å². The number of benzene rings is 1. The van der Waals surface area contributed by atoms with Crippen LogP contribution in [0.25, 0.3) is 0 Å². The Morgan fingerprint density at radius 2 is 2.11 bits per heavy atom. The summed E-state index contributed by atoms with van der Waals surface area (Å²) in [7, 11) is 0. The summed E-state index contributed by atoms with van der Waals surface area (Å²) in [6.45, 7) is 7.28. The number of aliphatic imine (C=N–C) groups is 1. The summed E-state index contributed by atoms with van der Waals surface area (Å²) in [6.07, 6.45) is 1.45. The van der Waals surface area contributed by atoms with Crippen molar-refractivity contribution in [2.24, 2.45) is 4.99 Å². The molecule has 0 radical (unpaired) electrons. The van der Waals surface area contributed by atoms with Crippen molar-refractivity contribution in [3.05, 3.63) is 48.0 Å². The van der Waals surface area contributed by atoms with E-state index in [4.69, 9.17) is 4.74 Å². The van der Waals surface area contributed by atoms with Crippen LogP contribution in [0, 0.1) is 6.92 Å². The minimum Gasteiger partial charge on any atom is -0.467 e. The van der Waals surface area contributed by atoms with E-state index in [2.05, 4.69) is 11.6 Å². The zero-order valence-corrected chi connectivity index (χ0v) is 11.2. The number of aryl methyl sites for hydroxylation is 1. The Morgan fingerprint density at radius 3 is 2.67 bits per heavy atom. The van der Waals surface area contributed by atoms with Crippen LogP contribution in [0.3, 0.4) is 0 Å². The number of nitrogens with zero attached hydrogens (tertiary/aromatic N) is 1. The molecule has 94 valence electrons. The third kappa shape index (κ3) is 2.82. The van der Waals surface area contributed by atoms with E-state index in [0.717, 1.165) is 5.56 Å². The van der Waals surface area contributed by atoms with Crippen LogP contribution < -0.4 is 0 Å². The largest absolute Gasteiger partial charge is 0.467 e. The van der Waals surface area contributed by atoms with Crippen molar-refractivity contribution in [2.75, 3.05) is 0 Å². The first-order valence-corrected chi connectivity index (χ1v) is 6.59. The van der Waals surface area contributed by atoms with E-state index < -0.39 is 0 Å². The Bertz CT molecular complexity index is 493. The van der Waals surface area contributed by atoms with Crippen LogP contribution in [0.5, 0.6) is 0 Å². The maximum atomic E-state index is 11.2. The monoisotopic (exact) mass is 261 g/mol. The van der Waals surface area contributed by atoms with Crippen LogP contribution in [0.15, 0.2) is 41.9 Å². The van der Waals surface area contributed by atoms with Gasteiger partial charge in [0.05, 0.1) is 0 Å². The first-order chi connectivity index (χ1) is 8.60. The Kier molecular flexibility index (Phi) is 3.87. The molecule has 0 aromatic heterocycles. The van der Waals surface area contributed by atoms with Gasteiger partial charge < -0.3 is 4.74 Å². The molecule has 2 rings (SSSR count). The molecule has 0 bridgehead atoms. The van der Waals surface area contributed by atoms with Crippen molar-refractivity contribution in [1.82, 2.24) is 0 Å². The van der Waals surface area contributed by atoms with Crippen molar-refractivity contribution < 1.29 is 9.53 Å². The van der Waals surface area contributed by atoms with Crippen molar-refractivity contribution in [2.45, 2.75) is 25.3 Å². The Morgan fingerprint density at radius 1 is 1.44 bits per heavy atom. The van der Waals surface area contributed by atoms with Crippen LogP contribution in [0.4, 0.5) is 0 Å². The number of rotatable bonds is 3. The SMILES string of the molecule is C=C[C@@H]1OC(c2ccc(C)cc2)=N[C@H]1SC(C)=O. The second-order valence-electron chi connectivity index (χ2n) is 4.12. The standard InChI is InChI=1S/C14H15NO2S/c1-4-12-14(18-10(3)16)15-13(17-12)11-7-5-9(2)6-8-11/h4-8,12,14H,1H2,2-3H3/t12-,14-/m0/s1. The lowest BCUT2D eigenvalue weighted by Gasteiger charge is -2.11. The molecule has 3 nitrogen and oxygen atoms in total. The maximum absolute atomic E-state index is 11.2. The van der Waals surface area contributed by atoms with Crippen molar-refractivity contribution in [1.29, 1.82) is 0 Å². The highest BCUT2D eigenvalue weighted by Crippen LogP contribution is 2.27. The minimum atomic E-state index is -0.241. The summed E-state index contributed by atoms with van der Waals surface area (Å²) in [5.74, 6) is 0.582. The van der Waals surface area contributed by atoms with E-state index in [9.17, 15) is 4.79 Å². The molecule has 0 aliphatic carbocycles. The molecule has 18 heavy (non-hydrogen) atoms. The fourth-order valence-electron chi connectivity index (χ4n) is 1.67. The summed E-state index contributed by atoms with van der Waals surface area (Å²) >= 11 is 1.17. The molecule has 1 aromatic rings. The quantitative estimate of drug-likeness (QED) is 0.785. The zero-order chi connectivity index (χ0) is 13.1. The van der Waals surface area contributed by atoms with Gasteiger partial charge in [-0.1, -0.05) is 36.0 Å². The predicted molar refractivity (Wildman–Crippen MR) is 74.8 cm³/mol. The highest BCUT2D eigenvalue weighted by atomic mass is 32.2. The van der Waals surface area contributed by atoms with Gasteiger partial charge in [0.15, 0.2) is 11.2 Å². The maximum Gasteiger partial charge on any atom is 0.218 e. The number of hydrogen-bond donors (Lipinski definition) is 0. The Labute approximate surface area is 111 Å². The second-order valence-corrected chi connectivity index (χ2v) is 5.41. The van der Waals surface area contributed by atoms with Crippen molar-refractivity contribution in [3.8, 4) is 0 Å². The molecule has 0 saturated carbocycles. The van der Waals surface area contributed by atoms with Gasteiger partial charge in [0, 0.05) is 12.5 Å². The van der Waals surface area contributed by atoms with Gasteiger partial charge in [-0.2, -0.15) is 0 Å². The third-order valence-electron chi connectivity index (χ3n) is 2.59. The van der Waals surface area contributed by atoms with Crippen molar-refractivity contribution >= 4 is 22.8 Å². The summed E-state index contributed by atoms with van der Waals surface area (Å²) in [5.41, 5.74) is 2.12. The molecule has 0 saturated heterocycles. The summed E-state index contributed by atoms with van der Waals surface area (Å²) in [4.78, 5) is 15.6. The fourth-order valence-corrected chi connectivity index (χ4v) is 2.46. The van der Waals surface area contributed by atoms with Gasteiger partial charge in [0.1, 0.15) is 5.37 Å². The van der Waals surface area contributed by atoms with E-state index >= 15 is 0 Å². The molecule has 1 aliphatic rings. The number of carbonyl (C=O) groups is 1. The number of hydrogen-bond acceptors (Lipinski definition) is 4. The van der Waals surface area contributed by atoms with Gasteiger partial charge in [-0.15, -0.1) is 0 Å². The van der Waals surface area contributed by atoms with Gasteiger partial charge in [-0.05, 0) is 25.1 Å². The number of thioether (sulfide) groups is 1. The van der Waals surface area contributed by atoms with Gasteiger partial charge >= 0.3 is 0 Å². The van der Waals surface area contributed by atoms with Gasteiger partial charge in [0.25, 0.3) is 0 Å². The summed E-state index contributed by atoms with van der Waals surface area (Å²) in [5, 5.41) is -0.194. The fraction of sp³-hybridized carbons (Fsp3) is 0.286. The molecule has 0 fully saturated rings. The number of ether oxygens (including phenoxy) is 1. The molecule has 0 unspecified atom stereocenters. The van der Waals surface area contributed by atoms with Crippen LogP contribution in [-0.2, 0) is 9.53 Å². The van der Waals surface area contributed by atoms with E-state index in [1.807, 2.05) is 31.2 Å². The van der Waals surface area contributed by atoms with Crippen LogP contribution >= 0.6 is 11.8 Å². The molecular formula is C14H15NO2S. The lowest BCUT2D eigenvalue weighted by atomic mass is 10.1. The van der Waals surface area contributed by atoms with Gasteiger partial charge in [-0.3, -0.25) is 4.79 Å². The number of carbonyl (C=O) groups excluding carboxylic acids is 1. The van der Waals surface area contributed by atoms with E-state index in [1.165, 1.54) is 24.2 Å². The smallest absolute Gasteiger partial charge is 0.218 e. The van der Waals surface area contributed by atoms with Gasteiger partial charge in [0.2, 0.25) is 5.90 Å². The minimum absolute atomic E-state index is 0.0318.